The molecule has 1 N–H and O–H groups in total. The standard InChI is InChI=1S/C37H43N3O6S/c1-6-35(37(42)38-24-27(2)3)39(25-29-14-18-31(45-5)19-15-29)36(41)26-40(47(43,44)34-22-12-28(4)13-23-34)30-16-20-33(21-17-30)46-32-10-8-7-9-11-32/h7-23,27,35H,6,24-26H2,1-5H3,(H,38,42). The third kappa shape index (κ3) is 9.36. The van der Waals surface area contributed by atoms with Crippen molar-refractivity contribution in [1.82, 2.24) is 10.2 Å². The van der Waals surface area contributed by atoms with Crippen LogP contribution in [0.5, 0.6) is 17.2 Å². The van der Waals surface area contributed by atoms with Gasteiger partial charge in [0.25, 0.3) is 10.0 Å². The van der Waals surface area contributed by atoms with Crippen LogP contribution in [0.3, 0.4) is 0 Å². The number of anilines is 1. The smallest absolute Gasteiger partial charge is 0.264 e. The summed E-state index contributed by atoms with van der Waals surface area (Å²) in [5, 5.41) is 2.95. The Labute approximate surface area is 278 Å². The summed E-state index contributed by atoms with van der Waals surface area (Å²) in [5.74, 6) is 1.20. The summed E-state index contributed by atoms with van der Waals surface area (Å²) in [5.41, 5.74) is 1.95. The van der Waals surface area contributed by atoms with E-state index in [4.69, 9.17) is 9.47 Å². The predicted octanol–water partition coefficient (Wildman–Crippen LogP) is 6.57. The molecule has 0 aromatic heterocycles. The fourth-order valence-corrected chi connectivity index (χ4v) is 6.36. The molecule has 4 aromatic carbocycles. The number of sulfonamides is 1. The van der Waals surface area contributed by atoms with Crippen molar-refractivity contribution in [3.63, 3.8) is 0 Å². The van der Waals surface area contributed by atoms with Crippen LogP contribution < -0.4 is 19.1 Å². The number of para-hydroxylation sites is 1. The largest absolute Gasteiger partial charge is 0.497 e. The molecule has 0 fully saturated rings. The van der Waals surface area contributed by atoms with Crippen LogP contribution in [0.1, 0.15) is 38.3 Å². The van der Waals surface area contributed by atoms with Crippen LogP contribution in [0, 0.1) is 12.8 Å². The average Bonchev–Trinajstić information content (AvgIpc) is 3.07. The molecule has 0 spiro atoms. The Bertz CT molecular complexity index is 1710. The molecule has 0 saturated heterocycles. The van der Waals surface area contributed by atoms with E-state index in [2.05, 4.69) is 5.32 Å². The van der Waals surface area contributed by atoms with E-state index in [1.54, 1.807) is 55.6 Å². The zero-order valence-electron chi connectivity index (χ0n) is 27.6. The van der Waals surface area contributed by atoms with E-state index in [0.29, 0.717) is 30.2 Å². The number of hydrogen-bond donors (Lipinski definition) is 1. The molecule has 4 rings (SSSR count). The zero-order valence-corrected chi connectivity index (χ0v) is 28.4. The van der Waals surface area contributed by atoms with Gasteiger partial charge in [-0.25, -0.2) is 8.42 Å². The number of carbonyl (C=O) groups excluding carboxylic acids is 2. The van der Waals surface area contributed by atoms with Gasteiger partial charge in [-0.1, -0.05) is 68.8 Å². The van der Waals surface area contributed by atoms with Crippen molar-refractivity contribution in [3.8, 4) is 17.2 Å². The first kappa shape index (κ1) is 35.0. The summed E-state index contributed by atoms with van der Waals surface area (Å²) >= 11 is 0. The van der Waals surface area contributed by atoms with Crippen molar-refractivity contribution in [2.45, 2.75) is 51.6 Å². The fraction of sp³-hybridized carbons (Fsp3) is 0.297. The Hall–Kier alpha value is -4.83. The molecule has 10 heteroatoms. The summed E-state index contributed by atoms with van der Waals surface area (Å²) in [6, 6.07) is 28.6. The minimum atomic E-state index is -4.20. The molecule has 9 nitrogen and oxygen atoms in total. The van der Waals surface area contributed by atoms with Crippen molar-refractivity contribution in [2.24, 2.45) is 5.92 Å². The fourth-order valence-electron chi connectivity index (χ4n) is 4.94. The monoisotopic (exact) mass is 657 g/mol. The quantitative estimate of drug-likeness (QED) is 0.155. The molecule has 47 heavy (non-hydrogen) atoms. The van der Waals surface area contributed by atoms with Gasteiger partial charge in [0.05, 0.1) is 17.7 Å². The molecule has 0 saturated carbocycles. The maximum atomic E-state index is 14.3. The van der Waals surface area contributed by atoms with Crippen LogP contribution in [0.2, 0.25) is 0 Å². The SMILES string of the molecule is CCC(C(=O)NCC(C)C)N(Cc1ccc(OC)cc1)C(=O)CN(c1ccc(Oc2ccccc2)cc1)S(=O)(=O)c1ccc(C)cc1. The number of rotatable bonds is 15. The second kappa shape index (κ2) is 16.1. The van der Waals surface area contributed by atoms with Crippen molar-refractivity contribution in [1.29, 1.82) is 0 Å². The van der Waals surface area contributed by atoms with Crippen LogP contribution in [0.25, 0.3) is 0 Å². The zero-order chi connectivity index (χ0) is 34.0. The minimum Gasteiger partial charge on any atom is -0.497 e. The van der Waals surface area contributed by atoms with Gasteiger partial charge in [-0.15, -0.1) is 0 Å². The lowest BCUT2D eigenvalue weighted by Crippen LogP contribution is -2.52. The summed E-state index contributed by atoms with van der Waals surface area (Å²) in [6.07, 6.45) is 0.335. The minimum absolute atomic E-state index is 0.0453. The molecular formula is C37H43N3O6S. The van der Waals surface area contributed by atoms with Crippen molar-refractivity contribution in [2.75, 3.05) is 24.5 Å². The number of nitrogens with zero attached hydrogens (tertiary/aromatic N) is 2. The van der Waals surface area contributed by atoms with Crippen LogP contribution >= 0.6 is 0 Å². The predicted molar refractivity (Wildman–Crippen MR) is 184 cm³/mol. The first-order valence-corrected chi connectivity index (χ1v) is 17.1. The van der Waals surface area contributed by atoms with Crippen LogP contribution in [-0.2, 0) is 26.2 Å². The highest BCUT2D eigenvalue weighted by molar-refractivity contribution is 7.92. The number of benzene rings is 4. The second-order valence-corrected chi connectivity index (χ2v) is 13.5. The molecule has 2 amide bonds. The number of ether oxygens (including phenoxy) is 2. The van der Waals surface area contributed by atoms with Gasteiger partial charge in [0, 0.05) is 13.1 Å². The Morgan fingerprint density at radius 3 is 1.98 bits per heavy atom. The molecule has 0 aliphatic carbocycles. The molecule has 0 aliphatic heterocycles. The van der Waals surface area contributed by atoms with E-state index in [1.165, 1.54) is 17.0 Å². The molecular weight excluding hydrogens is 614 g/mol. The molecule has 1 unspecified atom stereocenters. The molecule has 0 aliphatic rings. The van der Waals surface area contributed by atoms with E-state index in [1.807, 2.05) is 70.2 Å². The van der Waals surface area contributed by atoms with Crippen LogP contribution in [0.15, 0.2) is 108 Å². The Kier molecular flexibility index (Phi) is 12.0. The van der Waals surface area contributed by atoms with Crippen molar-refractivity contribution >= 4 is 27.5 Å². The lowest BCUT2D eigenvalue weighted by molar-refractivity contribution is -0.140. The first-order valence-electron chi connectivity index (χ1n) is 15.6. The highest BCUT2D eigenvalue weighted by Gasteiger charge is 2.33. The Balaban J connectivity index is 1.71. The van der Waals surface area contributed by atoms with Gasteiger partial charge in [-0.3, -0.25) is 13.9 Å². The highest BCUT2D eigenvalue weighted by Crippen LogP contribution is 2.29. The molecule has 0 radical (unpaired) electrons. The first-order chi connectivity index (χ1) is 22.5. The van der Waals surface area contributed by atoms with E-state index < -0.39 is 28.5 Å². The number of nitrogens with one attached hydrogen (secondary N) is 1. The summed E-state index contributed by atoms with van der Waals surface area (Å²) < 4.78 is 40.7. The van der Waals surface area contributed by atoms with Gasteiger partial charge in [0.2, 0.25) is 11.8 Å². The highest BCUT2D eigenvalue weighted by atomic mass is 32.2. The lowest BCUT2D eigenvalue weighted by atomic mass is 10.1. The molecule has 248 valence electrons. The van der Waals surface area contributed by atoms with E-state index in [-0.39, 0.29) is 29.0 Å². The second-order valence-electron chi connectivity index (χ2n) is 11.7. The summed E-state index contributed by atoms with van der Waals surface area (Å²) in [4.78, 5) is 29.3. The molecule has 4 aromatic rings. The van der Waals surface area contributed by atoms with Gasteiger partial charge >= 0.3 is 0 Å². The van der Waals surface area contributed by atoms with Crippen LogP contribution in [0.4, 0.5) is 5.69 Å². The maximum absolute atomic E-state index is 14.3. The number of methoxy groups -OCH3 is 1. The number of hydrogen-bond acceptors (Lipinski definition) is 6. The average molecular weight is 658 g/mol. The third-order valence-electron chi connectivity index (χ3n) is 7.57. The number of amides is 2. The topological polar surface area (TPSA) is 105 Å². The third-order valence-corrected chi connectivity index (χ3v) is 9.36. The van der Waals surface area contributed by atoms with Gasteiger partial charge in [-0.05, 0) is 85.5 Å². The Morgan fingerprint density at radius 2 is 1.40 bits per heavy atom. The van der Waals surface area contributed by atoms with E-state index in [9.17, 15) is 18.0 Å². The van der Waals surface area contributed by atoms with Gasteiger partial charge in [0.15, 0.2) is 0 Å². The number of carbonyl (C=O) groups is 2. The number of aryl methyl sites for hydroxylation is 1. The molecule has 0 heterocycles. The summed E-state index contributed by atoms with van der Waals surface area (Å²) in [7, 11) is -2.63. The van der Waals surface area contributed by atoms with Crippen LogP contribution in [-0.4, -0.2) is 51.4 Å². The maximum Gasteiger partial charge on any atom is 0.264 e. The molecule has 0 bridgehead atoms. The lowest BCUT2D eigenvalue weighted by Gasteiger charge is -2.33. The Morgan fingerprint density at radius 1 is 0.809 bits per heavy atom. The van der Waals surface area contributed by atoms with Gasteiger partial charge < -0.3 is 19.7 Å². The van der Waals surface area contributed by atoms with Gasteiger partial charge in [-0.2, -0.15) is 0 Å². The van der Waals surface area contributed by atoms with E-state index in [0.717, 1.165) is 15.4 Å². The normalized spacial score (nSPS) is 11.9. The van der Waals surface area contributed by atoms with Gasteiger partial charge in [0.1, 0.15) is 29.8 Å². The van der Waals surface area contributed by atoms with Crippen molar-refractivity contribution < 1.29 is 27.5 Å². The van der Waals surface area contributed by atoms with E-state index >= 15 is 0 Å². The summed E-state index contributed by atoms with van der Waals surface area (Å²) in [6.45, 7) is 7.70. The molecule has 1 atom stereocenters. The van der Waals surface area contributed by atoms with Crippen molar-refractivity contribution in [3.05, 3.63) is 114 Å².